The van der Waals surface area contributed by atoms with Crippen LogP contribution < -0.4 is 0 Å². The van der Waals surface area contributed by atoms with E-state index in [1.54, 1.807) is 0 Å². The van der Waals surface area contributed by atoms with E-state index in [-0.39, 0.29) is 25.2 Å². The largest absolute Gasteiger partial charge is 0.462 e. The Bertz CT molecular complexity index is 1220. The van der Waals surface area contributed by atoms with Crippen molar-refractivity contribution in [3.63, 3.8) is 0 Å². The second-order valence-corrected chi connectivity index (χ2v) is 18.5. The van der Waals surface area contributed by atoms with Crippen LogP contribution in [0.1, 0.15) is 265 Å². The third-order valence-corrected chi connectivity index (χ3v) is 11.9. The minimum absolute atomic E-state index is 0.0422. The molecule has 0 aliphatic heterocycles. The van der Waals surface area contributed by atoms with E-state index in [0.717, 1.165) is 64.2 Å². The third-order valence-electron chi connectivity index (χ3n) is 11.9. The van der Waals surface area contributed by atoms with Gasteiger partial charge in [-0.1, -0.05) is 254 Å². The third kappa shape index (κ3) is 53.7. The number of ether oxygens (including phenoxy) is 3. The minimum atomic E-state index is -0.571. The molecule has 0 fully saturated rings. The highest BCUT2D eigenvalue weighted by molar-refractivity contribution is 5.70. The molecule has 0 aromatic heterocycles. The van der Waals surface area contributed by atoms with Gasteiger partial charge in [0, 0.05) is 19.4 Å². The summed E-state index contributed by atoms with van der Waals surface area (Å²) in [5, 5.41) is 0. The number of hydrogen-bond donors (Lipinski definition) is 0. The van der Waals surface area contributed by atoms with E-state index < -0.39 is 6.10 Å². The van der Waals surface area contributed by atoms with Gasteiger partial charge >= 0.3 is 11.9 Å². The molecular weight excluding hydrogens is 813 g/mol. The fourth-order valence-corrected chi connectivity index (χ4v) is 7.77. The van der Waals surface area contributed by atoms with E-state index >= 15 is 0 Å². The van der Waals surface area contributed by atoms with Gasteiger partial charge in [0.1, 0.15) is 6.61 Å². The number of carbonyl (C=O) groups is 2. The van der Waals surface area contributed by atoms with Gasteiger partial charge in [-0.3, -0.25) is 9.59 Å². The van der Waals surface area contributed by atoms with Crippen molar-refractivity contribution in [2.24, 2.45) is 0 Å². The second-order valence-electron chi connectivity index (χ2n) is 18.5. The molecule has 380 valence electrons. The number of allylic oxidation sites excluding steroid dienone is 14. The predicted molar refractivity (Wildman–Crippen MR) is 288 cm³/mol. The Balaban J connectivity index is 4.37. The Morgan fingerprint density at radius 2 is 0.712 bits per heavy atom. The first kappa shape index (κ1) is 63.1. The zero-order valence-corrected chi connectivity index (χ0v) is 43.7. The summed E-state index contributed by atoms with van der Waals surface area (Å²) >= 11 is 0. The van der Waals surface area contributed by atoms with Crippen LogP contribution in [0.4, 0.5) is 0 Å². The number of unbranched alkanes of at least 4 members (excludes halogenated alkanes) is 26. The van der Waals surface area contributed by atoms with Gasteiger partial charge in [0.05, 0.1) is 6.61 Å². The van der Waals surface area contributed by atoms with Gasteiger partial charge < -0.3 is 14.2 Å². The molecule has 0 aliphatic rings. The number of rotatable bonds is 51. The van der Waals surface area contributed by atoms with E-state index in [1.807, 2.05) is 6.08 Å². The predicted octanol–water partition coefficient (Wildman–Crippen LogP) is 19.2. The van der Waals surface area contributed by atoms with Crippen molar-refractivity contribution in [3.05, 3.63) is 85.1 Å². The van der Waals surface area contributed by atoms with E-state index in [1.165, 1.54) is 161 Å². The lowest BCUT2D eigenvalue weighted by Crippen LogP contribution is -2.30. The lowest BCUT2D eigenvalue weighted by atomic mass is 10.0. The topological polar surface area (TPSA) is 61.8 Å². The normalized spacial score (nSPS) is 12.8. The number of esters is 2. The molecule has 0 aromatic carbocycles. The summed E-state index contributed by atoms with van der Waals surface area (Å²) in [4.78, 5) is 25.5. The molecule has 66 heavy (non-hydrogen) atoms. The first-order chi connectivity index (χ1) is 32.6. The Hall–Kier alpha value is -2.92. The first-order valence-electron chi connectivity index (χ1n) is 28.1. The summed E-state index contributed by atoms with van der Waals surface area (Å²) in [7, 11) is 0. The zero-order chi connectivity index (χ0) is 47.7. The Morgan fingerprint density at radius 1 is 0.348 bits per heavy atom. The van der Waals surface area contributed by atoms with Crippen molar-refractivity contribution < 1.29 is 23.8 Å². The van der Waals surface area contributed by atoms with Crippen molar-refractivity contribution in [2.75, 3.05) is 19.8 Å². The van der Waals surface area contributed by atoms with Crippen molar-refractivity contribution in [2.45, 2.75) is 271 Å². The molecule has 5 nitrogen and oxygen atoms in total. The summed E-state index contributed by atoms with van der Waals surface area (Å²) in [5.74, 6) is -0.490. The second kappa shape index (κ2) is 56.4. The quantitative estimate of drug-likeness (QED) is 0.0346. The lowest BCUT2D eigenvalue weighted by molar-refractivity contribution is -0.162. The first-order valence-corrected chi connectivity index (χ1v) is 28.1. The van der Waals surface area contributed by atoms with E-state index in [9.17, 15) is 9.59 Å². The van der Waals surface area contributed by atoms with Crippen molar-refractivity contribution in [3.8, 4) is 0 Å². The Morgan fingerprint density at radius 3 is 1.17 bits per heavy atom. The molecule has 0 aromatic rings. The molecule has 0 N–H and O–H groups in total. The standard InChI is InChI=1S/C61H106O5/c1-4-7-10-13-16-19-22-25-28-30-31-33-34-36-39-42-45-48-51-54-60(62)65-58-59(57-64-56-53-50-47-44-41-38-27-24-21-18-15-12-9-6-3)66-61(63)55-52-49-46-43-40-37-35-32-29-26-23-20-17-14-11-8-5-2/h7,10,16,19,21,24-25,28,31,33,36,39,45,48,59H,4-6,8-9,11-15,17-18,20,22-23,26-27,29-30,32,34-35,37-38,40-44,46-47,49-58H2,1-3H3/b10-7-,19-16-,24-21-,28-25-,33-31-,39-36-,48-45-. The smallest absolute Gasteiger partial charge is 0.306 e. The molecule has 1 atom stereocenters. The highest BCUT2D eigenvalue weighted by Gasteiger charge is 2.17. The maximum atomic E-state index is 12.8. The number of hydrogen-bond acceptors (Lipinski definition) is 5. The molecule has 0 aliphatic carbocycles. The van der Waals surface area contributed by atoms with Crippen LogP contribution in [0.2, 0.25) is 0 Å². The van der Waals surface area contributed by atoms with Crippen LogP contribution in [0.5, 0.6) is 0 Å². The molecule has 0 saturated heterocycles. The van der Waals surface area contributed by atoms with Crippen LogP contribution in [-0.4, -0.2) is 37.9 Å². The highest BCUT2D eigenvalue weighted by atomic mass is 16.6. The van der Waals surface area contributed by atoms with Crippen LogP contribution in [0.25, 0.3) is 0 Å². The van der Waals surface area contributed by atoms with Crippen LogP contribution in [0.15, 0.2) is 85.1 Å². The molecule has 0 amide bonds. The molecule has 5 heteroatoms. The summed E-state index contributed by atoms with van der Waals surface area (Å²) in [6, 6.07) is 0. The van der Waals surface area contributed by atoms with Crippen LogP contribution in [0, 0.1) is 0 Å². The summed E-state index contributed by atoms with van der Waals surface area (Å²) < 4.78 is 17.4. The maximum absolute atomic E-state index is 12.8. The summed E-state index contributed by atoms with van der Waals surface area (Å²) in [6.07, 6.45) is 74.7. The molecule has 1 unspecified atom stereocenters. The average molecular weight is 920 g/mol. The molecule has 0 radical (unpaired) electrons. The summed E-state index contributed by atoms with van der Waals surface area (Å²) in [6.45, 7) is 7.64. The van der Waals surface area contributed by atoms with E-state index in [0.29, 0.717) is 25.9 Å². The highest BCUT2D eigenvalue weighted by Crippen LogP contribution is 2.15. The fourth-order valence-electron chi connectivity index (χ4n) is 7.77. The monoisotopic (exact) mass is 919 g/mol. The van der Waals surface area contributed by atoms with Gasteiger partial charge in [0.2, 0.25) is 0 Å². The molecule has 0 bridgehead atoms. The Labute approximate surface area is 409 Å². The van der Waals surface area contributed by atoms with Gasteiger partial charge in [-0.05, 0) is 83.5 Å². The molecule has 0 saturated carbocycles. The average Bonchev–Trinajstić information content (AvgIpc) is 3.32. The van der Waals surface area contributed by atoms with E-state index in [4.69, 9.17) is 14.2 Å². The zero-order valence-electron chi connectivity index (χ0n) is 43.7. The number of carbonyl (C=O) groups excluding carboxylic acids is 2. The Kier molecular flexibility index (Phi) is 53.9. The van der Waals surface area contributed by atoms with Crippen molar-refractivity contribution in [1.82, 2.24) is 0 Å². The maximum Gasteiger partial charge on any atom is 0.306 e. The van der Waals surface area contributed by atoms with Crippen LogP contribution >= 0.6 is 0 Å². The van der Waals surface area contributed by atoms with Gasteiger partial charge in [-0.2, -0.15) is 0 Å². The van der Waals surface area contributed by atoms with Gasteiger partial charge in [0.15, 0.2) is 6.10 Å². The van der Waals surface area contributed by atoms with Crippen LogP contribution in [0.3, 0.4) is 0 Å². The molecule has 0 heterocycles. The fraction of sp³-hybridized carbons (Fsp3) is 0.738. The molecular formula is C61H106O5. The van der Waals surface area contributed by atoms with Crippen LogP contribution in [-0.2, 0) is 23.8 Å². The summed E-state index contributed by atoms with van der Waals surface area (Å²) in [5.41, 5.74) is 0. The van der Waals surface area contributed by atoms with Crippen molar-refractivity contribution in [1.29, 1.82) is 0 Å². The SMILES string of the molecule is CC/C=C\C/C=C\C/C=C\C/C=C\C/C=C\C/C=C\CCC(=O)OCC(COCCCCCCCC/C=C\CCCCCC)OC(=O)CCCCCCCCCCCCCCCCCCC. The van der Waals surface area contributed by atoms with Gasteiger partial charge in [-0.15, -0.1) is 0 Å². The van der Waals surface area contributed by atoms with E-state index in [2.05, 4.69) is 99.8 Å². The minimum Gasteiger partial charge on any atom is -0.462 e. The lowest BCUT2D eigenvalue weighted by Gasteiger charge is -2.18. The van der Waals surface area contributed by atoms with Gasteiger partial charge in [-0.25, -0.2) is 0 Å². The van der Waals surface area contributed by atoms with Gasteiger partial charge in [0.25, 0.3) is 0 Å². The van der Waals surface area contributed by atoms with Crippen molar-refractivity contribution >= 4 is 11.9 Å². The molecule has 0 spiro atoms. The molecule has 0 rings (SSSR count).